The molecule has 1 aromatic carbocycles. The van der Waals surface area contributed by atoms with E-state index in [1.54, 1.807) is 16.8 Å². The van der Waals surface area contributed by atoms with Crippen molar-refractivity contribution in [3.05, 3.63) is 72.3 Å². The number of carboxylic acid groups (broad SMARTS) is 1. The van der Waals surface area contributed by atoms with E-state index < -0.39 is 5.97 Å². The van der Waals surface area contributed by atoms with Gasteiger partial charge < -0.3 is 14.6 Å². The number of unbranched alkanes of at least 4 members (excludes halogenated alkanes) is 2. The summed E-state index contributed by atoms with van der Waals surface area (Å²) in [7, 11) is 0. The van der Waals surface area contributed by atoms with Gasteiger partial charge in [0.05, 0.1) is 10.2 Å². The summed E-state index contributed by atoms with van der Waals surface area (Å²) in [5, 5.41) is 21.2. The minimum atomic E-state index is -0.786. The molecule has 154 valence electrons. The summed E-state index contributed by atoms with van der Waals surface area (Å²) >= 11 is 6.71. The first kappa shape index (κ1) is 20.3. The third kappa shape index (κ3) is 4.44. The van der Waals surface area contributed by atoms with Crippen LogP contribution in [0.15, 0.2) is 45.9 Å². The number of carboxylic acids is 1. The van der Waals surface area contributed by atoms with Crippen LogP contribution in [0.1, 0.15) is 36.1 Å². The van der Waals surface area contributed by atoms with E-state index in [2.05, 4.69) is 4.99 Å². The lowest BCUT2D eigenvalue weighted by Crippen LogP contribution is -2.00. The van der Waals surface area contributed by atoms with Crippen LogP contribution in [0.3, 0.4) is 0 Å². The van der Waals surface area contributed by atoms with Gasteiger partial charge in [0.2, 0.25) is 5.88 Å². The maximum atomic E-state index is 10.6. The van der Waals surface area contributed by atoms with Gasteiger partial charge in [0, 0.05) is 36.0 Å². The van der Waals surface area contributed by atoms with Crippen LogP contribution >= 0.6 is 23.6 Å². The fourth-order valence-corrected chi connectivity index (χ4v) is 4.60. The summed E-state index contributed by atoms with van der Waals surface area (Å²) in [6, 6.07) is 9.73. The van der Waals surface area contributed by atoms with Gasteiger partial charge in [0.1, 0.15) is 10.8 Å². The topological polar surface area (TPSA) is 88.0 Å². The maximum absolute atomic E-state index is 10.6. The highest BCUT2D eigenvalue weighted by Gasteiger charge is 2.10. The monoisotopic (exact) mass is 440 g/mol. The van der Waals surface area contributed by atoms with Gasteiger partial charge in [-0.3, -0.25) is 14.4 Å². The van der Waals surface area contributed by atoms with E-state index in [-0.39, 0.29) is 12.3 Å². The van der Waals surface area contributed by atoms with E-state index in [0.717, 1.165) is 34.4 Å². The molecule has 0 saturated carbocycles. The average Bonchev–Trinajstić information content (AvgIpc) is 3.43. The van der Waals surface area contributed by atoms with Crippen LogP contribution < -0.4 is 10.8 Å². The van der Waals surface area contributed by atoms with E-state index in [4.69, 9.17) is 21.7 Å². The number of aromatic hydroxyl groups is 1. The first-order valence-corrected chi connectivity index (χ1v) is 10.8. The fraction of sp³-hybridized carbons (Fsp3) is 0.227. The molecule has 0 atom stereocenters. The lowest BCUT2D eigenvalue weighted by molar-refractivity contribution is -0.137. The molecule has 0 aliphatic carbocycles. The van der Waals surface area contributed by atoms with E-state index >= 15 is 0 Å². The minimum absolute atomic E-state index is 0.116. The third-order valence-corrected chi connectivity index (χ3v) is 6.23. The number of fused-ring (bicyclic) bond motifs is 1. The molecule has 2 N–H and O–H groups in total. The lowest BCUT2D eigenvalue weighted by atomic mass is 10.2. The highest BCUT2D eigenvalue weighted by Crippen LogP contribution is 2.27. The third-order valence-electron chi connectivity index (χ3n) is 4.85. The molecule has 1 aliphatic rings. The molecule has 0 spiro atoms. The van der Waals surface area contributed by atoms with E-state index in [1.807, 2.05) is 36.4 Å². The van der Waals surface area contributed by atoms with Crippen molar-refractivity contribution in [2.45, 2.75) is 32.2 Å². The highest BCUT2D eigenvalue weighted by molar-refractivity contribution is 7.73. The number of aromatic nitrogens is 1. The van der Waals surface area contributed by atoms with Gasteiger partial charge in [-0.1, -0.05) is 6.42 Å². The largest absolute Gasteiger partial charge is 0.493 e. The van der Waals surface area contributed by atoms with Crippen LogP contribution in [0, 0.1) is 14.6 Å². The van der Waals surface area contributed by atoms with Crippen molar-refractivity contribution in [3.8, 4) is 5.88 Å². The average molecular weight is 441 g/mol. The Kier molecular flexibility index (Phi) is 5.96. The Morgan fingerprint density at radius 1 is 1.23 bits per heavy atom. The number of furan rings is 1. The molecule has 30 heavy (non-hydrogen) atoms. The Morgan fingerprint density at radius 2 is 2.10 bits per heavy atom. The number of benzene rings is 1. The maximum Gasteiger partial charge on any atom is 0.303 e. The summed E-state index contributed by atoms with van der Waals surface area (Å²) in [6.45, 7) is 0.561. The lowest BCUT2D eigenvalue weighted by Gasteiger charge is -2.04. The predicted molar refractivity (Wildman–Crippen MR) is 117 cm³/mol. The standard InChI is InChI=1S/C22H20N2O4S2/c25-20(26)4-2-1-3-11-24-21(27)19(30-22(24)29)13-16-6-8-18(28-16)15-5-7-17-14(12-15)9-10-23-17/h5-10,12-13,27H,1-4,11H2,(H,25,26)/b16-13-,18-15-. The number of thiazole rings is 1. The summed E-state index contributed by atoms with van der Waals surface area (Å²) in [5.74, 6) is -0.670. The number of hydrogen-bond acceptors (Lipinski definition) is 6. The summed E-state index contributed by atoms with van der Waals surface area (Å²) in [5.41, 5.74) is 2.43. The second kappa shape index (κ2) is 8.81. The number of rotatable bonds is 7. The number of hydrogen-bond donors (Lipinski definition) is 2. The van der Waals surface area contributed by atoms with Crippen LogP contribution in [0.25, 0.3) is 12.2 Å². The van der Waals surface area contributed by atoms with Crippen molar-refractivity contribution in [1.29, 1.82) is 0 Å². The SMILES string of the molecule is O=C(O)CCCCCn1c(O)c(/C=c2/cc/c(=c3\ccc4c(c3)C=CN=4)o2)sc1=S. The smallest absolute Gasteiger partial charge is 0.303 e. The van der Waals surface area contributed by atoms with Crippen LogP contribution in [-0.2, 0) is 11.3 Å². The fourth-order valence-electron chi connectivity index (χ4n) is 3.30. The van der Waals surface area contributed by atoms with E-state index in [0.29, 0.717) is 27.2 Å². The molecular weight excluding hydrogens is 420 g/mol. The molecule has 0 amide bonds. The molecule has 3 heterocycles. The van der Waals surface area contributed by atoms with Gasteiger partial charge >= 0.3 is 5.97 Å². The zero-order valence-electron chi connectivity index (χ0n) is 16.1. The molecule has 8 heteroatoms. The zero-order valence-corrected chi connectivity index (χ0v) is 17.7. The Morgan fingerprint density at radius 3 is 2.93 bits per heavy atom. The van der Waals surface area contributed by atoms with Crippen molar-refractivity contribution in [2.75, 3.05) is 0 Å². The summed E-state index contributed by atoms with van der Waals surface area (Å²) < 4.78 is 8.23. The second-order valence-electron chi connectivity index (χ2n) is 6.98. The normalized spacial score (nSPS) is 14.1. The van der Waals surface area contributed by atoms with E-state index in [9.17, 15) is 9.90 Å². The Bertz CT molecular complexity index is 1400. The molecule has 4 rings (SSSR count). The molecule has 0 unspecified atom stereocenters. The van der Waals surface area contributed by atoms with Gasteiger partial charge in [0.15, 0.2) is 3.95 Å². The van der Waals surface area contributed by atoms with Crippen LogP contribution in [0.4, 0.5) is 0 Å². The van der Waals surface area contributed by atoms with Crippen LogP contribution in [0.5, 0.6) is 5.88 Å². The first-order valence-electron chi connectivity index (χ1n) is 9.62. The van der Waals surface area contributed by atoms with Crippen molar-refractivity contribution in [1.82, 2.24) is 4.57 Å². The molecule has 1 aliphatic heterocycles. The van der Waals surface area contributed by atoms with Crippen molar-refractivity contribution in [2.24, 2.45) is 4.99 Å². The molecule has 0 bridgehead atoms. The van der Waals surface area contributed by atoms with Gasteiger partial charge in [-0.05, 0) is 61.5 Å². The molecule has 3 aromatic rings. The quantitative estimate of drug-likeness (QED) is 0.429. The second-order valence-corrected chi connectivity index (χ2v) is 8.65. The minimum Gasteiger partial charge on any atom is -0.493 e. The molecule has 2 aromatic heterocycles. The van der Waals surface area contributed by atoms with Crippen molar-refractivity contribution in [3.63, 3.8) is 0 Å². The van der Waals surface area contributed by atoms with Gasteiger partial charge in [-0.15, -0.1) is 11.3 Å². The number of nitrogens with zero attached hydrogens (tertiary/aromatic N) is 2. The first-order chi connectivity index (χ1) is 14.5. The molecular formula is C22H20N2O4S2. The van der Waals surface area contributed by atoms with E-state index in [1.165, 1.54) is 11.3 Å². The molecule has 0 saturated heterocycles. The van der Waals surface area contributed by atoms with Crippen molar-refractivity contribution < 1.29 is 19.4 Å². The number of aliphatic carboxylic acids is 1. The predicted octanol–water partition coefficient (Wildman–Crippen LogP) is 3.94. The highest BCUT2D eigenvalue weighted by atomic mass is 32.1. The molecule has 0 fully saturated rings. The van der Waals surface area contributed by atoms with Gasteiger partial charge in [-0.2, -0.15) is 0 Å². The van der Waals surface area contributed by atoms with Gasteiger partial charge in [-0.25, -0.2) is 0 Å². The van der Waals surface area contributed by atoms with Gasteiger partial charge in [0.25, 0.3) is 0 Å². The van der Waals surface area contributed by atoms with Crippen LogP contribution in [0.2, 0.25) is 0 Å². The molecule has 0 radical (unpaired) electrons. The molecule has 6 nitrogen and oxygen atoms in total. The zero-order chi connectivity index (χ0) is 21.1. The summed E-state index contributed by atoms with van der Waals surface area (Å²) in [6.07, 6.45) is 7.84. The Balaban J connectivity index is 1.57. The summed E-state index contributed by atoms with van der Waals surface area (Å²) in [4.78, 5) is 15.5. The Hall–Kier alpha value is -2.97. The Labute approximate surface area is 181 Å². The van der Waals surface area contributed by atoms with Crippen molar-refractivity contribution >= 4 is 41.7 Å². The van der Waals surface area contributed by atoms with Crippen LogP contribution in [-0.4, -0.2) is 20.7 Å². The number of carbonyl (C=O) groups is 1.